The first-order valence-corrected chi connectivity index (χ1v) is 7.50. The van der Waals surface area contributed by atoms with Gasteiger partial charge in [0.05, 0.1) is 0 Å². The molecular formula is C18H16N2O4. The molecular weight excluding hydrogens is 308 g/mol. The highest BCUT2D eigenvalue weighted by atomic mass is 16.3. The molecule has 1 aliphatic heterocycles. The lowest BCUT2D eigenvalue weighted by molar-refractivity contribution is -0.157. The number of carbonyl (C=O) groups excluding carboxylic acids is 3. The molecule has 1 saturated heterocycles. The summed E-state index contributed by atoms with van der Waals surface area (Å²) in [5.41, 5.74) is -0.883. The van der Waals surface area contributed by atoms with Crippen LogP contribution in [0, 0.1) is 0 Å². The van der Waals surface area contributed by atoms with Crippen LogP contribution in [0.25, 0.3) is 0 Å². The van der Waals surface area contributed by atoms with Crippen molar-refractivity contribution in [3.05, 3.63) is 71.8 Å². The van der Waals surface area contributed by atoms with E-state index in [0.717, 1.165) is 5.56 Å². The number of hydrogen-bond donors (Lipinski definition) is 3. The Balaban J connectivity index is 2.05. The van der Waals surface area contributed by atoms with Gasteiger partial charge < -0.3 is 5.11 Å². The van der Waals surface area contributed by atoms with Gasteiger partial charge in [-0.05, 0) is 17.5 Å². The molecule has 4 amide bonds. The van der Waals surface area contributed by atoms with Crippen molar-refractivity contribution < 1.29 is 19.5 Å². The average Bonchev–Trinajstić information content (AvgIpc) is 2.59. The normalized spacial score (nSPS) is 17.8. The van der Waals surface area contributed by atoms with E-state index in [1.165, 1.54) is 0 Å². The van der Waals surface area contributed by atoms with Gasteiger partial charge in [0, 0.05) is 5.92 Å². The molecule has 0 spiro atoms. The van der Waals surface area contributed by atoms with Crippen molar-refractivity contribution in [2.45, 2.75) is 17.9 Å². The number of aliphatic hydroxyl groups is 1. The van der Waals surface area contributed by atoms with Crippen molar-refractivity contribution in [2.24, 2.45) is 0 Å². The third kappa shape index (κ3) is 2.79. The lowest BCUT2D eigenvalue weighted by atomic mass is 9.76. The average molecular weight is 324 g/mol. The zero-order chi connectivity index (χ0) is 17.2. The molecule has 1 fully saturated rings. The third-order valence-corrected chi connectivity index (χ3v) is 4.14. The van der Waals surface area contributed by atoms with Crippen LogP contribution in [0.1, 0.15) is 17.0 Å². The molecule has 2 aromatic rings. The number of imide groups is 2. The van der Waals surface area contributed by atoms with E-state index in [-0.39, 0.29) is 6.42 Å². The largest absolute Gasteiger partial charge is 0.371 e. The van der Waals surface area contributed by atoms with Crippen LogP contribution in [0.4, 0.5) is 4.79 Å². The van der Waals surface area contributed by atoms with Gasteiger partial charge in [0.2, 0.25) is 5.60 Å². The summed E-state index contributed by atoms with van der Waals surface area (Å²) in [6.45, 7) is 0. The Morgan fingerprint density at radius 2 is 1.33 bits per heavy atom. The van der Waals surface area contributed by atoms with E-state index in [1.54, 1.807) is 30.3 Å². The number of hydrogen-bond acceptors (Lipinski definition) is 4. The summed E-state index contributed by atoms with van der Waals surface area (Å²) in [7, 11) is 0. The molecule has 2 aromatic carbocycles. The van der Waals surface area contributed by atoms with Gasteiger partial charge in [0.15, 0.2) is 0 Å². The number of nitrogens with one attached hydrogen (secondary N) is 2. The molecule has 24 heavy (non-hydrogen) atoms. The molecule has 122 valence electrons. The van der Waals surface area contributed by atoms with Crippen LogP contribution in [0.5, 0.6) is 0 Å². The Hall–Kier alpha value is -2.99. The molecule has 0 radical (unpaired) electrons. The van der Waals surface area contributed by atoms with Crippen LogP contribution in [-0.4, -0.2) is 28.6 Å². The van der Waals surface area contributed by atoms with E-state index >= 15 is 0 Å². The zero-order valence-electron chi connectivity index (χ0n) is 12.7. The molecule has 0 bridgehead atoms. The van der Waals surface area contributed by atoms with Gasteiger partial charge in [-0.3, -0.25) is 20.2 Å². The highest BCUT2D eigenvalue weighted by Gasteiger charge is 2.54. The quantitative estimate of drug-likeness (QED) is 0.734. The van der Waals surface area contributed by atoms with Gasteiger partial charge in [0.25, 0.3) is 11.8 Å². The SMILES string of the molecule is O=C1NC(=O)C(O)(C(Cc2ccccc2)c2ccccc2)C(=O)N1. The summed E-state index contributed by atoms with van der Waals surface area (Å²) in [6, 6.07) is 17.1. The predicted molar refractivity (Wildman–Crippen MR) is 86.0 cm³/mol. The zero-order valence-corrected chi connectivity index (χ0v) is 12.7. The molecule has 6 nitrogen and oxygen atoms in total. The first-order valence-electron chi connectivity index (χ1n) is 7.50. The van der Waals surface area contributed by atoms with Crippen molar-refractivity contribution in [1.29, 1.82) is 0 Å². The minimum Gasteiger partial charge on any atom is -0.371 e. The van der Waals surface area contributed by atoms with Crippen LogP contribution in [0.2, 0.25) is 0 Å². The van der Waals surface area contributed by atoms with Crippen LogP contribution in [0.3, 0.4) is 0 Å². The van der Waals surface area contributed by atoms with E-state index in [4.69, 9.17) is 0 Å². The smallest absolute Gasteiger partial charge is 0.328 e. The molecule has 1 unspecified atom stereocenters. The minimum atomic E-state index is -2.37. The topological polar surface area (TPSA) is 95.5 Å². The molecule has 3 rings (SSSR count). The highest BCUT2D eigenvalue weighted by Crippen LogP contribution is 2.33. The van der Waals surface area contributed by atoms with E-state index in [0.29, 0.717) is 5.56 Å². The number of carbonyl (C=O) groups is 3. The van der Waals surface area contributed by atoms with Crippen molar-refractivity contribution in [1.82, 2.24) is 10.6 Å². The van der Waals surface area contributed by atoms with Crippen LogP contribution in [-0.2, 0) is 16.0 Å². The van der Waals surface area contributed by atoms with Gasteiger partial charge in [-0.15, -0.1) is 0 Å². The number of urea groups is 1. The fourth-order valence-corrected chi connectivity index (χ4v) is 2.89. The number of rotatable bonds is 4. The molecule has 1 aliphatic rings. The van der Waals surface area contributed by atoms with E-state index in [1.807, 2.05) is 41.0 Å². The van der Waals surface area contributed by atoms with Gasteiger partial charge >= 0.3 is 6.03 Å². The van der Waals surface area contributed by atoms with Gasteiger partial charge in [-0.25, -0.2) is 4.79 Å². The standard InChI is InChI=1S/C18H16N2O4/c21-15-18(24,16(22)20-17(23)19-15)14(13-9-5-2-6-10-13)11-12-7-3-1-4-8-12/h1-10,14,24H,11H2,(H2,19,20,21,22,23). The summed E-state index contributed by atoms with van der Waals surface area (Å²) in [5, 5.41) is 14.9. The monoisotopic (exact) mass is 324 g/mol. The molecule has 1 heterocycles. The molecule has 3 N–H and O–H groups in total. The lowest BCUT2D eigenvalue weighted by Crippen LogP contribution is -2.69. The summed E-state index contributed by atoms with van der Waals surface area (Å²) in [6.07, 6.45) is 0.260. The van der Waals surface area contributed by atoms with Crippen LogP contribution < -0.4 is 10.6 Å². The van der Waals surface area contributed by atoms with Crippen molar-refractivity contribution in [2.75, 3.05) is 0 Å². The van der Waals surface area contributed by atoms with Crippen molar-refractivity contribution in [3.8, 4) is 0 Å². The number of amides is 4. The fraction of sp³-hybridized carbons (Fsp3) is 0.167. The molecule has 0 saturated carbocycles. The first kappa shape index (κ1) is 15.9. The number of barbiturate groups is 1. The van der Waals surface area contributed by atoms with Crippen molar-refractivity contribution in [3.63, 3.8) is 0 Å². The maximum atomic E-state index is 12.3. The molecule has 6 heteroatoms. The van der Waals surface area contributed by atoms with E-state index < -0.39 is 29.4 Å². The molecule has 0 aliphatic carbocycles. The molecule has 1 atom stereocenters. The maximum Gasteiger partial charge on any atom is 0.328 e. The summed E-state index contributed by atoms with van der Waals surface area (Å²) < 4.78 is 0. The maximum absolute atomic E-state index is 12.3. The Labute approximate surface area is 138 Å². The second kappa shape index (κ2) is 6.25. The van der Waals surface area contributed by atoms with Crippen LogP contribution >= 0.6 is 0 Å². The Morgan fingerprint density at radius 3 is 1.88 bits per heavy atom. The second-order valence-corrected chi connectivity index (χ2v) is 5.66. The van der Waals surface area contributed by atoms with Crippen LogP contribution in [0.15, 0.2) is 60.7 Å². The Morgan fingerprint density at radius 1 is 0.833 bits per heavy atom. The predicted octanol–water partition coefficient (Wildman–Crippen LogP) is 1.11. The van der Waals surface area contributed by atoms with E-state index in [2.05, 4.69) is 0 Å². The Kier molecular flexibility index (Phi) is 4.14. The highest BCUT2D eigenvalue weighted by molar-refractivity contribution is 6.22. The second-order valence-electron chi connectivity index (χ2n) is 5.66. The van der Waals surface area contributed by atoms with Crippen molar-refractivity contribution >= 4 is 17.8 Å². The third-order valence-electron chi connectivity index (χ3n) is 4.14. The summed E-state index contributed by atoms with van der Waals surface area (Å²) >= 11 is 0. The van der Waals surface area contributed by atoms with Gasteiger partial charge in [-0.1, -0.05) is 60.7 Å². The minimum absolute atomic E-state index is 0.260. The Bertz CT molecular complexity index is 754. The lowest BCUT2D eigenvalue weighted by Gasteiger charge is -2.36. The van der Waals surface area contributed by atoms with Gasteiger partial charge in [-0.2, -0.15) is 0 Å². The summed E-state index contributed by atoms with van der Waals surface area (Å²) in [4.78, 5) is 35.9. The first-order chi connectivity index (χ1) is 11.5. The summed E-state index contributed by atoms with van der Waals surface area (Å²) in [5.74, 6) is -2.86. The number of benzene rings is 2. The fourth-order valence-electron chi connectivity index (χ4n) is 2.89. The van der Waals surface area contributed by atoms with E-state index in [9.17, 15) is 19.5 Å². The molecule has 0 aromatic heterocycles. The van der Waals surface area contributed by atoms with Gasteiger partial charge in [0.1, 0.15) is 0 Å².